The van der Waals surface area contributed by atoms with E-state index >= 15 is 0 Å². The molecule has 1 aliphatic heterocycles. The molecular formula is C28H30ClN7O3. The van der Waals surface area contributed by atoms with Gasteiger partial charge in [-0.3, -0.25) is 0 Å². The van der Waals surface area contributed by atoms with Crippen LogP contribution in [0.1, 0.15) is 31.1 Å². The van der Waals surface area contributed by atoms with Gasteiger partial charge in [0.2, 0.25) is 0 Å². The van der Waals surface area contributed by atoms with Crippen LogP contribution in [-0.4, -0.2) is 61.5 Å². The first-order valence-electron chi connectivity index (χ1n) is 12.9. The van der Waals surface area contributed by atoms with E-state index in [4.69, 9.17) is 11.6 Å². The van der Waals surface area contributed by atoms with Crippen LogP contribution in [-0.2, 0) is 0 Å². The Bertz CT molecular complexity index is 1450. The van der Waals surface area contributed by atoms with Gasteiger partial charge in [-0.2, -0.15) is 5.10 Å². The number of nitrogens with one attached hydrogen (secondary N) is 1. The van der Waals surface area contributed by atoms with Crippen molar-refractivity contribution in [2.24, 2.45) is 0 Å². The lowest BCUT2D eigenvalue weighted by Gasteiger charge is -2.35. The van der Waals surface area contributed by atoms with Gasteiger partial charge in [-0.15, -0.1) is 0 Å². The van der Waals surface area contributed by atoms with Crippen molar-refractivity contribution >= 4 is 29.1 Å². The molecule has 0 saturated carbocycles. The number of halogens is 1. The van der Waals surface area contributed by atoms with Crippen LogP contribution in [0.25, 0.3) is 5.69 Å². The summed E-state index contributed by atoms with van der Waals surface area (Å²) in [5.41, 5.74) is 1.65. The van der Waals surface area contributed by atoms with Crippen molar-refractivity contribution in [3.8, 4) is 5.69 Å². The standard InChI is InChI=1S/C28H30ClN7O3/c1-2-24(26(37)20-8-10-21(29)11-9-20)36-28(39)35(19-31-36)23-12-13-25(30-18-23)33-14-16-34(17-15-33)27(38)32-22-6-4-3-5-7-22/h3-13,18-19,24,26,37H,2,14-17H2,1H3,(H,32,38)/t24-,26-/m1/s1. The summed E-state index contributed by atoms with van der Waals surface area (Å²) in [4.78, 5) is 34.3. The van der Waals surface area contributed by atoms with Crippen LogP contribution in [0.15, 0.2) is 84.0 Å². The molecule has 0 aliphatic carbocycles. The molecule has 39 heavy (non-hydrogen) atoms. The fourth-order valence-electron chi connectivity index (χ4n) is 4.70. The second-order valence-electron chi connectivity index (χ2n) is 9.34. The van der Waals surface area contributed by atoms with E-state index < -0.39 is 12.1 Å². The van der Waals surface area contributed by atoms with Gasteiger partial charge in [0.25, 0.3) is 0 Å². The zero-order valence-corrected chi connectivity index (χ0v) is 22.3. The zero-order valence-electron chi connectivity index (χ0n) is 21.5. The number of benzene rings is 2. The Morgan fingerprint density at radius 3 is 2.38 bits per heavy atom. The van der Waals surface area contributed by atoms with E-state index in [1.807, 2.05) is 49.4 Å². The molecule has 2 amide bonds. The Kier molecular flexibility index (Phi) is 7.94. The maximum absolute atomic E-state index is 13.2. The van der Waals surface area contributed by atoms with Crippen LogP contribution < -0.4 is 15.9 Å². The molecule has 0 radical (unpaired) electrons. The summed E-state index contributed by atoms with van der Waals surface area (Å²) in [6.07, 6.45) is 2.67. The van der Waals surface area contributed by atoms with Crippen molar-refractivity contribution in [3.05, 3.63) is 100 Å². The Morgan fingerprint density at radius 2 is 1.74 bits per heavy atom. The number of aliphatic hydroxyl groups is 1. The minimum Gasteiger partial charge on any atom is -0.386 e. The van der Waals surface area contributed by atoms with Crippen LogP contribution in [0.2, 0.25) is 5.02 Å². The number of nitrogens with zero attached hydrogens (tertiary/aromatic N) is 6. The highest BCUT2D eigenvalue weighted by Crippen LogP contribution is 2.28. The highest BCUT2D eigenvalue weighted by Gasteiger charge is 2.25. The highest BCUT2D eigenvalue weighted by molar-refractivity contribution is 6.30. The number of hydrogen-bond donors (Lipinski definition) is 2. The Morgan fingerprint density at radius 1 is 1.03 bits per heavy atom. The van der Waals surface area contributed by atoms with E-state index in [1.165, 1.54) is 15.6 Å². The Labute approximate surface area is 231 Å². The third-order valence-corrected chi connectivity index (χ3v) is 7.18. The molecular weight excluding hydrogens is 518 g/mol. The number of urea groups is 1. The molecule has 1 saturated heterocycles. The minimum absolute atomic E-state index is 0.118. The third-order valence-electron chi connectivity index (χ3n) is 6.93. The second kappa shape index (κ2) is 11.7. The van der Waals surface area contributed by atoms with Crippen LogP contribution >= 0.6 is 11.6 Å². The lowest BCUT2D eigenvalue weighted by atomic mass is 10.0. The Hall–Kier alpha value is -4.15. The average Bonchev–Trinajstić information content (AvgIpc) is 3.35. The summed E-state index contributed by atoms with van der Waals surface area (Å²) in [6, 6.07) is 19.3. The number of amides is 2. The third kappa shape index (κ3) is 5.81. The minimum atomic E-state index is -0.915. The summed E-state index contributed by atoms with van der Waals surface area (Å²) < 4.78 is 2.73. The van der Waals surface area contributed by atoms with Crippen molar-refractivity contribution in [2.45, 2.75) is 25.5 Å². The van der Waals surface area contributed by atoms with Gasteiger partial charge in [0, 0.05) is 36.9 Å². The average molecular weight is 548 g/mol. The predicted octanol–water partition coefficient (Wildman–Crippen LogP) is 4.12. The summed E-state index contributed by atoms with van der Waals surface area (Å²) in [6.45, 7) is 4.34. The van der Waals surface area contributed by atoms with Crippen molar-refractivity contribution in [1.29, 1.82) is 0 Å². The van der Waals surface area contributed by atoms with Crippen LogP contribution in [0.5, 0.6) is 0 Å². The monoisotopic (exact) mass is 547 g/mol. The smallest absolute Gasteiger partial charge is 0.350 e. The molecule has 10 nitrogen and oxygen atoms in total. The summed E-state index contributed by atoms with van der Waals surface area (Å²) >= 11 is 5.97. The van der Waals surface area contributed by atoms with E-state index in [1.54, 1.807) is 35.4 Å². The van der Waals surface area contributed by atoms with Crippen LogP contribution in [0.4, 0.5) is 16.3 Å². The molecule has 2 N–H and O–H groups in total. The van der Waals surface area contributed by atoms with Gasteiger partial charge in [-0.1, -0.05) is 48.9 Å². The molecule has 2 aromatic carbocycles. The zero-order chi connectivity index (χ0) is 27.4. The molecule has 0 unspecified atom stereocenters. The predicted molar refractivity (Wildman–Crippen MR) is 151 cm³/mol. The quantitative estimate of drug-likeness (QED) is 0.360. The van der Waals surface area contributed by atoms with E-state index in [9.17, 15) is 14.7 Å². The van der Waals surface area contributed by atoms with Gasteiger partial charge >= 0.3 is 11.7 Å². The van der Waals surface area contributed by atoms with Crippen molar-refractivity contribution in [2.75, 3.05) is 36.4 Å². The van der Waals surface area contributed by atoms with E-state index in [0.29, 0.717) is 48.9 Å². The topological polar surface area (TPSA) is 109 Å². The van der Waals surface area contributed by atoms with Crippen molar-refractivity contribution in [1.82, 2.24) is 24.2 Å². The highest BCUT2D eigenvalue weighted by atomic mass is 35.5. The molecule has 202 valence electrons. The SMILES string of the molecule is CC[C@H]([C@H](O)c1ccc(Cl)cc1)n1ncn(-c2ccc(N3CCN(C(=O)Nc4ccccc4)CC3)nc2)c1=O. The van der Waals surface area contributed by atoms with Crippen LogP contribution in [0.3, 0.4) is 0 Å². The maximum Gasteiger partial charge on any atom is 0.350 e. The summed E-state index contributed by atoms with van der Waals surface area (Å²) in [7, 11) is 0. The number of hydrogen-bond acceptors (Lipinski definition) is 6. The van der Waals surface area contributed by atoms with Gasteiger partial charge in [0.05, 0.1) is 17.9 Å². The molecule has 11 heteroatoms. The Balaban J connectivity index is 1.23. The van der Waals surface area contributed by atoms with E-state index in [-0.39, 0.29) is 11.7 Å². The number of carbonyl (C=O) groups excluding carboxylic acids is 1. The molecule has 3 heterocycles. The summed E-state index contributed by atoms with van der Waals surface area (Å²) in [5.74, 6) is 0.770. The fraction of sp³-hybridized carbons (Fsp3) is 0.286. The number of anilines is 2. The van der Waals surface area contributed by atoms with E-state index in [0.717, 1.165) is 11.5 Å². The molecule has 1 fully saturated rings. The molecule has 5 rings (SSSR count). The molecule has 4 aromatic rings. The normalized spacial score (nSPS) is 15.2. The first-order chi connectivity index (χ1) is 18.9. The molecule has 2 aromatic heterocycles. The summed E-state index contributed by atoms with van der Waals surface area (Å²) in [5, 5.41) is 18.7. The first-order valence-corrected chi connectivity index (χ1v) is 13.2. The maximum atomic E-state index is 13.2. The number of aliphatic hydroxyl groups excluding tert-OH is 1. The number of pyridine rings is 1. The first kappa shape index (κ1) is 26.5. The van der Waals surface area contributed by atoms with Gasteiger partial charge in [-0.25, -0.2) is 23.8 Å². The largest absolute Gasteiger partial charge is 0.386 e. The lowest BCUT2D eigenvalue weighted by molar-refractivity contribution is 0.101. The van der Waals surface area contributed by atoms with Gasteiger partial charge in [0.1, 0.15) is 18.2 Å². The van der Waals surface area contributed by atoms with Gasteiger partial charge in [-0.05, 0) is 48.4 Å². The molecule has 2 atom stereocenters. The van der Waals surface area contributed by atoms with Crippen molar-refractivity contribution in [3.63, 3.8) is 0 Å². The molecule has 0 bridgehead atoms. The number of piperazine rings is 1. The second-order valence-corrected chi connectivity index (χ2v) is 9.78. The van der Waals surface area contributed by atoms with E-state index in [2.05, 4.69) is 20.3 Å². The number of para-hydroxylation sites is 1. The molecule has 0 spiro atoms. The van der Waals surface area contributed by atoms with Gasteiger partial charge in [0.15, 0.2) is 0 Å². The van der Waals surface area contributed by atoms with Crippen molar-refractivity contribution < 1.29 is 9.90 Å². The lowest BCUT2D eigenvalue weighted by Crippen LogP contribution is -2.50. The number of rotatable bonds is 7. The van der Waals surface area contributed by atoms with Gasteiger partial charge < -0.3 is 20.2 Å². The molecule has 1 aliphatic rings. The van der Waals surface area contributed by atoms with Crippen LogP contribution in [0, 0.1) is 0 Å². The number of aromatic nitrogens is 4. The number of carbonyl (C=O) groups is 1. The fourth-order valence-corrected chi connectivity index (χ4v) is 4.83.